The third-order valence-corrected chi connectivity index (χ3v) is 2.82. The van der Waals surface area contributed by atoms with Crippen molar-refractivity contribution < 1.29 is 4.79 Å². The molecule has 0 atom stereocenters. The number of rotatable bonds is 2. The number of hydrogen-bond donors (Lipinski definition) is 2. The molecule has 0 saturated heterocycles. The van der Waals surface area contributed by atoms with Gasteiger partial charge < -0.3 is 10.3 Å². The first-order valence-electron chi connectivity index (χ1n) is 5.24. The van der Waals surface area contributed by atoms with Crippen molar-refractivity contribution in [1.82, 2.24) is 9.99 Å². The summed E-state index contributed by atoms with van der Waals surface area (Å²) in [5.74, 6) is 0. The first-order chi connectivity index (χ1) is 8.11. The molecule has 0 fully saturated rings. The fraction of sp³-hybridized carbons (Fsp3) is 0.167. The minimum Gasteiger partial charge on any atom is -0.350 e. The molecule has 1 heterocycles. The minimum atomic E-state index is -0.667. The first-order valence-corrected chi connectivity index (χ1v) is 5.24. The van der Waals surface area contributed by atoms with Crippen molar-refractivity contribution in [3.63, 3.8) is 0 Å². The number of para-hydroxylation sites is 1. The van der Waals surface area contributed by atoms with Crippen LogP contribution in [0.2, 0.25) is 0 Å². The molecule has 0 spiro atoms. The second-order valence-electron chi connectivity index (χ2n) is 3.81. The van der Waals surface area contributed by atoms with E-state index in [0.717, 1.165) is 22.2 Å². The molecule has 0 aliphatic rings. The summed E-state index contributed by atoms with van der Waals surface area (Å²) in [4.78, 5) is 10.5. The number of aromatic nitrogens is 1. The number of hydrogen-bond acceptors (Lipinski definition) is 2. The molecule has 2 amide bonds. The lowest BCUT2D eigenvalue weighted by molar-refractivity contribution is 0.249. The minimum absolute atomic E-state index is 0.667. The second-order valence-corrected chi connectivity index (χ2v) is 3.81. The Balaban J connectivity index is 2.50. The maximum absolute atomic E-state index is 10.5. The maximum atomic E-state index is 10.5. The van der Waals surface area contributed by atoms with Crippen molar-refractivity contribution in [2.24, 2.45) is 17.9 Å². The van der Waals surface area contributed by atoms with Crippen molar-refractivity contribution in [2.75, 3.05) is 0 Å². The van der Waals surface area contributed by atoms with Gasteiger partial charge >= 0.3 is 6.03 Å². The van der Waals surface area contributed by atoms with Crippen molar-refractivity contribution >= 4 is 23.1 Å². The van der Waals surface area contributed by atoms with Gasteiger partial charge in [0.2, 0.25) is 0 Å². The van der Waals surface area contributed by atoms with Crippen LogP contribution < -0.4 is 11.2 Å². The van der Waals surface area contributed by atoms with E-state index >= 15 is 0 Å². The van der Waals surface area contributed by atoms with Gasteiger partial charge in [-0.2, -0.15) is 5.10 Å². The molecule has 2 rings (SSSR count). The number of benzene rings is 1. The maximum Gasteiger partial charge on any atom is 0.332 e. The fourth-order valence-corrected chi connectivity index (χ4v) is 1.87. The molecule has 5 heteroatoms. The van der Waals surface area contributed by atoms with Gasteiger partial charge in [0.25, 0.3) is 0 Å². The zero-order valence-electron chi connectivity index (χ0n) is 9.77. The molecule has 2 aromatic rings. The number of carbonyl (C=O) groups is 1. The van der Waals surface area contributed by atoms with Crippen LogP contribution in [0.15, 0.2) is 29.4 Å². The van der Waals surface area contributed by atoms with E-state index in [1.165, 1.54) is 0 Å². The van der Waals surface area contributed by atoms with Crippen LogP contribution in [-0.2, 0) is 7.05 Å². The Bertz CT molecular complexity index is 598. The normalized spacial score (nSPS) is 11.2. The number of fused-ring (bicyclic) bond motifs is 1. The predicted octanol–water partition coefficient (Wildman–Crippen LogP) is 1.49. The largest absolute Gasteiger partial charge is 0.350 e. The summed E-state index contributed by atoms with van der Waals surface area (Å²) in [7, 11) is 2.00. The molecule has 0 saturated carbocycles. The van der Waals surface area contributed by atoms with Gasteiger partial charge in [-0.05, 0) is 13.0 Å². The number of nitrogens with two attached hydrogens (primary N) is 1. The predicted molar refractivity (Wildman–Crippen MR) is 68.0 cm³/mol. The Morgan fingerprint density at radius 1 is 1.47 bits per heavy atom. The van der Waals surface area contributed by atoms with E-state index in [9.17, 15) is 4.79 Å². The molecule has 0 aliphatic heterocycles. The molecule has 0 radical (unpaired) electrons. The molecule has 0 bridgehead atoms. The monoisotopic (exact) mass is 230 g/mol. The number of amides is 2. The first kappa shape index (κ1) is 11.2. The Hall–Kier alpha value is -2.30. The van der Waals surface area contributed by atoms with Crippen LogP contribution in [-0.4, -0.2) is 16.8 Å². The molecule has 0 unspecified atom stereocenters. The van der Waals surface area contributed by atoms with Crippen molar-refractivity contribution in [3.8, 4) is 0 Å². The lowest BCUT2D eigenvalue weighted by atomic mass is 10.1. The summed E-state index contributed by atoms with van der Waals surface area (Å²) < 4.78 is 2.08. The Kier molecular flexibility index (Phi) is 2.82. The van der Waals surface area contributed by atoms with Gasteiger partial charge in [-0.25, -0.2) is 10.2 Å². The number of primary amides is 1. The highest BCUT2D eigenvalue weighted by molar-refractivity contribution is 6.01. The Morgan fingerprint density at radius 2 is 2.18 bits per heavy atom. The number of nitrogens with zero attached hydrogens (tertiary/aromatic N) is 2. The number of carbonyl (C=O) groups excluding carboxylic acids is 1. The zero-order valence-corrected chi connectivity index (χ0v) is 9.77. The molecule has 0 aliphatic carbocycles. The summed E-state index contributed by atoms with van der Waals surface area (Å²) in [6, 6.07) is 7.36. The smallest absolute Gasteiger partial charge is 0.332 e. The number of nitrogens with one attached hydrogen (secondary N) is 1. The van der Waals surface area contributed by atoms with Crippen LogP contribution in [0, 0.1) is 6.92 Å². The number of hydrazone groups is 1. The summed E-state index contributed by atoms with van der Waals surface area (Å²) in [5, 5.41) is 4.90. The van der Waals surface area contributed by atoms with Crippen molar-refractivity contribution in [1.29, 1.82) is 0 Å². The summed E-state index contributed by atoms with van der Waals surface area (Å²) in [6.07, 6.45) is 1.61. The number of aryl methyl sites for hydroxylation is 1. The van der Waals surface area contributed by atoms with Gasteiger partial charge in [0, 0.05) is 29.2 Å². The molecular formula is C12H14N4O. The highest BCUT2D eigenvalue weighted by atomic mass is 16.2. The summed E-state index contributed by atoms with van der Waals surface area (Å²) in [5.41, 5.74) is 10.3. The van der Waals surface area contributed by atoms with Crippen molar-refractivity contribution in [3.05, 3.63) is 35.5 Å². The van der Waals surface area contributed by atoms with Crippen LogP contribution >= 0.6 is 0 Å². The van der Waals surface area contributed by atoms with E-state index in [1.54, 1.807) is 6.21 Å². The molecule has 3 N–H and O–H groups in total. The van der Waals surface area contributed by atoms with E-state index in [1.807, 2.05) is 38.2 Å². The second kappa shape index (κ2) is 4.29. The fourth-order valence-electron chi connectivity index (χ4n) is 1.87. The molecular weight excluding hydrogens is 216 g/mol. The molecule has 1 aromatic heterocycles. The Morgan fingerprint density at radius 3 is 2.88 bits per heavy atom. The van der Waals surface area contributed by atoms with Crippen molar-refractivity contribution in [2.45, 2.75) is 6.92 Å². The topological polar surface area (TPSA) is 72.4 Å². The summed E-state index contributed by atoms with van der Waals surface area (Å²) in [6.45, 7) is 2.01. The van der Waals surface area contributed by atoms with Gasteiger partial charge in [-0.1, -0.05) is 18.2 Å². The molecule has 1 aromatic carbocycles. The lowest BCUT2D eigenvalue weighted by Gasteiger charge is -1.97. The van der Waals surface area contributed by atoms with Crippen LogP contribution in [0.3, 0.4) is 0 Å². The van der Waals surface area contributed by atoms with E-state index in [0.29, 0.717) is 0 Å². The molecule has 5 nitrogen and oxygen atoms in total. The van der Waals surface area contributed by atoms with Crippen LogP contribution in [0.25, 0.3) is 10.9 Å². The number of urea groups is 1. The molecule has 17 heavy (non-hydrogen) atoms. The lowest BCUT2D eigenvalue weighted by Crippen LogP contribution is -2.24. The Labute approximate surface area is 98.9 Å². The molecule has 88 valence electrons. The summed E-state index contributed by atoms with van der Waals surface area (Å²) >= 11 is 0. The highest BCUT2D eigenvalue weighted by Crippen LogP contribution is 2.22. The van der Waals surface area contributed by atoms with E-state index < -0.39 is 6.03 Å². The average Bonchev–Trinajstić information content (AvgIpc) is 2.54. The van der Waals surface area contributed by atoms with Gasteiger partial charge in [0.1, 0.15) is 0 Å². The highest BCUT2D eigenvalue weighted by Gasteiger charge is 2.08. The third-order valence-electron chi connectivity index (χ3n) is 2.82. The van der Waals surface area contributed by atoms with E-state index in [2.05, 4.69) is 15.1 Å². The van der Waals surface area contributed by atoms with Gasteiger partial charge in [-0.3, -0.25) is 0 Å². The van der Waals surface area contributed by atoms with Crippen LogP contribution in [0.5, 0.6) is 0 Å². The quantitative estimate of drug-likeness (QED) is 0.595. The standard InChI is InChI=1S/C12H14N4O/c1-8-10(7-14-15-12(13)17)9-5-3-4-6-11(9)16(8)2/h3-7H,1-2H3,(H3,13,15,17)/b14-7-. The van der Waals surface area contributed by atoms with Gasteiger partial charge in [-0.15, -0.1) is 0 Å². The van der Waals surface area contributed by atoms with E-state index in [4.69, 9.17) is 5.73 Å². The van der Waals surface area contributed by atoms with Crippen LogP contribution in [0.1, 0.15) is 11.3 Å². The average molecular weight is 230 g/mol. The zero-order chi connectivity index (χ0) is 12.4. The SMILES string of the molecule is Cc1c(/C=N\NC(N)=O)c2ccccc2n1C. The van der Waals surface area contributed by atoms with E-state index in [-0.39, 0.29) is 0 Å². The van der Waals surface area contributed by atoms with Gasteiger partial charge in [0.05, 0.1) is 6.21 Å². The van der Waals surface area contributed by atoms with Gasteiger partial charge in [0.15, 0.2) is 0 Å². The third kappa shape index (κ3) is 1.99. The van der Waals surface area contributed by atoms with Crippen LogP contribution in [0.4, 0.5) is 4.79 Å².